The molecule has 0 saturated heterocycles. The summed E-state index contributed by atoms with van der Waals surface area (Å²) >= 11 is 4.80. The maximum Gasteiger partial charge on any atom is 0.313 e. The van der Waals surface area contributed by atoms with Crippen molar-refractivity contribution in [3.05, 3.63) is 46.1 Å². The van der Waals surface area contributed by atoms with Crippen LogP contribution in [0.5, 0.6) is 0 Å². The lowest BCUT2D eigenvalue weighted by molar-refractivity contribution is -0.133. The Bertz CT molecular complexity index is 667. The number of carboxylic acid groups (broad SMARTS) is 1. The van der Waals surface area contributed by atoms with Gasteiger partial charge < -0.3 is 5.11 Å². The standard InChI is InChI=1S/C15H15BrN2O2S/c16-12-3-1-2-10(6-12)8-18-14(21-9-15(19)20)7-13(17-18)11-4-5-11/h1-3,6-7,11H,4-5,8-9H2,(H,19,20). The van der Waals surface area contributed by atoms with E-state index in [4.69, 9.17) is 5.11 Å². The summed E-state index contributed by atoms with van der Waals surface area (Å²) in [5.74, 6) is -0.171. The topological polar surface area (TPSA) is 55.1 Å². The van der Waals surface area contributed by atoms with Gasteiger partial charge in [0.1, 0.15) is 0 Å². The third kappa shape index (κ3) is 3.89. The van der Waals surface area contributed by atoms with Crippen LogP contribution in [0.2, 0.25) is 0 Å². The molecule has 4 nitrogen and oxygen atoms in total. The van der Waals surface area contributed by atoms with E-state index in [-0.39, 0.29) is 5.75 Å². The SMILES string of the molecule is O=C(O)CSc1cc(C2CC2)nn1Cc1cccc(Br)c1. The normalized spacial score (nSPS) is 14.3. The molecule has 1 aromatic heterocycles. The zero-order valence-corrected chi connectivity index (χ0v) is 13.7. The van der Waals surface area contributed by atoms with E-state index in [1.54, 1.807) is 0 Å². The van der Waals surface area contributed by atoms with Crippen LogP contribution in [-0.2, 0) is 11.3 Å². The Hall–Kier alpha value is -1.27. The molecule has 0 spiro atoms. The Kier molecular flexibility index (Phi) is 4.35. The van der Waals surface area contributed by atoms with Crippen molar-refractivity contribution in [1.82, 2.24) is 9.78 Å². The maximum atomic E-state index is 10.8. The van der Waals surface area contributed by atoms with E-state index in [2.05, 4.69) is 33.2 Å². The molecule has 1 aliphatic carbocycles. The van der Waals surface area contributed by atoms with Crippen molar-refractivity contribution in [3.63, 3.8) is 0 Å². The number of carboxylic acids is 1. The average Bonchev–Trinajstić information content (AvgIpc) is 3.20. The fourth-order valence-corrected chi connectivity index (χ4v) is 3.35. The van der Waals surface area contributed by atoms with Gasteiger partial charge in [0.15, 0.2) is 0 Å². The summed E-state index contributed by atoms with van der Waals surface area (Å²) in [6.45, 7) is 0.661. The van der Waals surface area contributed by atoms with Crippen molar-refractivity contribution in [2.45, 2.75) is 30.3 Å². The fourth-order valence-electron chi connectivity index (χ4n) is 2.17. The Morgan fingerprint density at radius 2 is 2.24 bits per heavy atom. The molecule has 6 heteroatoms. The quantitative estimate of drug-likeness (QED) is 0.791. The third-order valence-electron chi connectivity index (χ3n) is 3.32. The number of halogens is 1. The van der Waals surface area contributed by atoms with Crippen LogP contribution in [0.25, 0.3) is 0 Å². The molecule has 1 saturated carbocycles. The van der Waals surface area contributed by atoms with Crippen molar-refractivity contribution in [2.75, 3.05) is 5.75 Å². The first-order valence-electron chi connectivity index (χ1n) is 6.78. The van der Waals surface area contributed by atoms with Crippen molar-refractivity contribution in [2.24, 2.45) is 0 Å². The van der Waals surface area contributed by atoms with E-state index in [0.717, 1.165) is 20.8 Å². The molecular formula is C15H15BrN2O2S. The second kappa shape index (κ2) is 6.23. The van der Waals surface area contributed by atoms with Gasteiger partial charge in [0.25, 0.3) is 0 Å². The van der Waals surface area contributed by atoms with Gasteiger partial charge in [0.05, 0.1) is 23.0 Å². The molecule has 0 bridgehead atoms. The monoisotopic (exact) mass is 366 g/mol. The average molecular weight is 367 g/mol. The Morgan fingerprint density at radius 3 is 2.90 bits per heavy atom. The summed E-state index contributed by atoms with van der Waals surface area (Å²) in [5, 5.41) is 14.5. The molecule has 110 valence electrons. The van der Waals surface area contributed by atoms with Gasteiger partial charge in [-0.2, -0.15) is 5.10 Å². The number of aliphatic carboxylic acids is 1. The number of hydrogen-bond donors (Lipinski definition) is 1. The predicted molar refractivity (Wildman–Crippen MR) is 85.8 cm³/mol. The molecule has 1 heterocycles. The maximum absolute atomic E-state index is 10.8. The summed E-state index contributed by atoms with van der Waals surface area (Å²) in [5.41, 5.74) is 2.24. The second-order valence-electron chi connectivity index (χ2n) is 5.15. The minimum Gasteiger partial charge on any atom is -0.481 e. The van der Waals surface area contributed by atoms with E-state index in [9.17, 15) is 4.79 Å². The van der Waals surface area contributed by atoms with Crippen LogP contribution >= 0.6 is 27.7 Å². The third-order valence-corrected chi connectivity index (χ3v) is 4.83. The van der Waals surface area contributed by atoms with Crippen molar-refractivity contribution in [1.29, 1.82) is 0 Å². The van der Waals surface area contributed by atoms with Crippen LogP contribution in [-0.4, -0.2) is 26.6 Å². The molecule has 3 rings (SSSR count). The molecule has 0 radical (unpaired) electrons. The number of carbonyl (C=O) groups is 1. The van der Waals surface area contributed by atoms with E-state index in [1.165, 1.54) is 24.6 Å². The second-order valence-corrected chi connectivity index (χ2v) is 7.06. The first-order chi connectivity index (χ1) is 10.1. The minimum absolute atomic E-state index is 0.0638. The van der Waals surface area contributed by atoms with Gasteiger partial charge >= 0.3 is 5.97 Å². The van der Waals surface area contributed by atoms with Gasteiger partial charge in [-0.1, -0.05) is 39.8 Å². The van der Waals surface area contributed by atoms with Gasteiger partial charge in [-0.05, 0) is 36.6 Å². The lowest BCUT2D eigenvalue weighted by Crippen LogP contribution is -2.05. The molecular weight excluding hydrogens is 352 g/mol. The Balaban J connectivity index is 1.82. The van der Waals surface area contributed by atoms with Gasteiger partial charge in [-0.25, -0.2) is 0 Å². The summed E-state index contributed by atoms with van der Waals surface area (Å²) in [4.78, 5) is 10.8. The lowest BCUT2D eigenvalue weighted by Gasteiger charge is -2.07. The van der Waals surface area contributed by atoms with Gasteiger partial charge in [-0.15, -0.1) is 0 Å². The molecule has 1 fully saturated rings. The van der Waals surface area contributed by atoms with Crippen molar-refractivity contribution < 1.29 is 9.90 Å². The zero-order valence-electron chi connectivity index (χ0n) is 11.3. The van der Waals surface area contributed by atoms with Crippen LogP contribution in [0.15, 0.2) is 39.8 Å². The van der Waals surface area contributed by atoms with E-state index in [1.807, 2.05) is 22.9 Å². The molecule has 1 N–H and O–H groups in total. The van der Waals surface area contributed by atoms with Gasteiger partial charge in [0.2, 0.25) is 0 Å². The number of thioether (sulfide) groups is 1. The van der Waals surface area contributed by atoms with Crippen LogP contribution in [0.1, 0.15) is 30.0 Å². The van der Waals surface area contributed by atoms with Crippen LogP contribution < -0.4 is 0 Å². The first-order valence-corrected chi connectivity index (χ1v) is 8.56. The largest absolute Gasteiger partial charge is 0.481 e. The molecule has 0 amide bonds. The van der Waals surface area contributed by atoms with Gasteiger partial charge in [0, 0.05) is 10.4 Å². The smallest absolute Gasteiger partial charge is 0.313 e. The molecule has 0 atom stereocenters. The number of benzene rings is 1. The van der Waals surface area contributed by atoms with Crippen molar-refractivity contribution in [3.8, 4) is 0 Å². The number of nitrogens with zero attached hydrogens (tertiary/aromatic N) is 2. The highest BCUT2D eigenvalue weighted by molar-refractivity contribution is 9.10. The lowest BCUT2D eigenvalue weighted by atomic mass is 10.2. The number of aromatic nitrogens is 2. The summed E-state index contributed by atoms with van der Waals surface area (Å²) in [6, 6.07) is 10.1. The highest BCUT2D eigenvalue weighted by Crippen LogP contribution is 2.40. The fraction of sp³-hybridized carbons (Fsp3) is 0.333. The first kappa shape index (κ1) is 14.7. The summed E-state index contributed by atoms with van der Waals surface area (Å²) < 4.78 is 2.96. The molecule has 1 aromatic carbocycles. The number of hydrogen-bond acceptors (Lipinski definition) is 3. The molecule has 2 aromatic rings. The summed E-state index contributed by atoms with van der Waals surface area (Å²) in [7, 11) is 0. The molecule has 0 unspecified atom stereocenters. The summed E-state index contributed by atoms with van der Waals surface area (Å²) in [6.07, 6.45) is 2.38. The van der Waals surface area contributed by atoms with Crippen LogP contribution in [0.4, 0.5) is 0 Å². The number of rotatable bonds is 6. The molecule has 21 heavy (non-hydrogen) atoms. The van der Waals surface area contributed by atoms with E-state index < -0.39 is 5.97 Å². The Labute approximate surface area is 135 Å². The highest BCUT2D eigenvalue weighted by atomic mass is 79.9. The zero-order chi connectivity index (χ0) is 14.8. The predicted octanol–water partition coefficient (Wildman–Crippen LogP) is 3.75. The molecule has 1 aliphatic rings. The van der Waals surface area contributed by atoms with E-state index >= 15 is 0 Å². The van der Waals surface area contributed by atoms with E-state index in [0.29, 0.717) is 12.5 Å². The Morgan fingerprint density at radius 1 is 1.43 bits per heavy atom. The highest BCUT2D eigenvalue weighted by Gasteiger charge is 2.27. The minimum atomic E-state index is -0.803. The van der Waals surface area contributed by atoms with Gasteiger partial charge in [-0.3, -0.25) is 9.48 Å². The van der Waals surface area contributed by atoms with Crippen LogP contribution in [0, 0.1) is 0 Å². The van der Waals surface area contributed by atoms with Crippen molar-refractivity contribution >= 4 is 33.7 Å². The molecule has 0 aliphatic heterocycles. The van der Waals surface area contributed by atoms with Crippen LogP contribution in [0.3, 0.4) is 0 Å².